The van der Waals surface area contributed by atoms with Crippen LogP contribution in [-0.4, -0.2) is 51.1 Å². The molecular weight excluding hydrogens is 348 g/mol. The summed E-state index contributed by atoms with van der Waals surface area (Å²) in [4.78, 5) is 32.8. The summed E-state index contributed by atoms with van der Waals surface area (Å²) >= 11 is 0. The van der Waals surface area contributed by atoms with Crippen LogP contribution in [0.15, 0.2) is 0 Å². The van der Waals surface area contributed by atoms with Gasteiger partial charge in [0.15, 0.2) is 0 Å². The van der Waals surface area contributed by atoms with E-state index in [1.165, 1.54) is 26.4 Å². The molecule has 0 spiro atoms. The SMILES string of the molecule is CC.CC(C)C(=O)CCOCCNC(=O)C1CCCCC1.COCC(N)=O. The Bertz CT molecular complexity index is 394. The van der Waals surface area contributed by atoms with Crippen molar-refractivity contribution in [3.8, 4) is 0 Å². The number of carbonyl (C=O) groups is 3. The van der Waals surface area contributed by atoms with Crippen molar-refractivity contribution in [2.24, 2.45) is 17.6 Å². The molecule has 0 aliphatic heterocycles. The van der Waals surface area contributed by atoms with E-state index in [2.05, 4.69) is 15.8 Å². The Labute approximate surface area is 164 Å². The van der Waals surface area contributed by atoms with Gasteiger partial charge in [0.2, 0.25) is 11.8 Å². The minimum atomic E-state index is -0.433. The third-order valence-corrected chi connectivity index (χ3v) is 3.94. The maximum absolute atomic E-state index is 11.8. The molecule has 0 unspecified atom stereocenters. The fourth-order valence-corrected chi connectivity index (χ4v) is 2.46. The number of ether oxygens (including phenoxy) is 2. The van der Waals surface area contributed by atoms with Gasteiger partial charge >= 0.3 is 0 Å². The Kier molecular flexibility index (Phi) is 19.8. The molecule has 1 saturated carbocycles. The Morgan fingerprint density at radius 1 is 1.07 bits per heavy atom. The summed E-state index contributed by atoms with van der Waals surface area (Å²) in [6.45, 7) is 9.30. The van der Waals surface area contributed by atoms with Crippen LogP contribution in [0, 0.1) is 11.8 Å². The number of primary amides is 1. The van der Waals surface area contributed by atoms with Crippen molar-refractivity contribution in [2.45, 2.75) is 66.2 Å². The molecule has 7 nitrogen and oxygen atoms in total. The Morgan fingerprint density at radius 2 is 1.67 bits per heavy atom. The average Bonchev–Trinajstić information content (AvgIpc) is 2.66. The molecule has 1 aliphatic carbocycles. The van der Waals surface area contributed by atoms with Gasteiger partial charge in [-0.1, -0.05) is 47.0 Å². The van der Waals surface area contributed by atoms with Crippen molar-refractivity contribution in [3.05, 3.63) is 0 Å². The molecule has 3 N–H and O–H groups in total. The van der Waals surface area contributed by atoms with Crippen molar-refractivity contribution in [1.82, 2.24) is 5.32 Å². The van der Waals surface area contributed by atoms with Crippen LogP contribution in [0.1, 0.15) is 66.2 Å². The molecule has 0 saturated heterocycles. The van der Waals surface area contributed by atoms with Gasteiger partial charge in [-0.05, 0) is 12.8 Å². The third-order valence-electron chi connectivity index (χ3n) is 3.94. The number of rotatable bonds is 10. The molecule has 0 heterocycles. The first-order chi connectivity index (χ1) is 12.9. The zero-order chi connectivity index (χ0) is 21.1. The average molecular weight is 389 g/mol. The third kappa shape index (κ3) is 17.7. The van der Waals surface area contributed by atoms with Crippen LogP contribution in [0.25, 0.3) is 0 Å². The summed E-state index contributed by atoms with van der Waals surface area (Å²) < 4.78 is 9.69. The van der Waals surface area contributed by atoms with Crippen LogP contribution in [0.2, 0.25) is 0 Å². The zero-order valence-corrected chi connectivity index (χ0v) is 17.8. The first-order valence-electron chi connectivity index (χ1n) is 10.0. The van der Waals surface area contributed by atoms with Gasteiger partial charge in [-0.15, -0.1) is 0 Å². The quantitative estimate of drug-likeness (QED) is 0.559. The van der Waals surface area contributed by atoms with E-state index in [1.54, 1.807) is 0 Å². The summed E-state index contributed by atoms with van der Waals surface area (Å²) in [5, 5.41) is 2.91. The van der Waals surface area contributed by atoms with E-state index in [4.69, 9.17) is 4.74 Å². The van der Waals surface area contributed by atoms with E-state index < -0.39 is 5.91 Å². The summed E-state index contributed by atoms with van der Waals surface area (Å²) in [7, 11) is 1.42. The number of methoxy groups -OCH3 is 1. The standard InChI is InChI=1S/C15H27NO3.C3H7NO2.C2H6/c1-12(2)14(17)8-10-19-11-9-16-15(18)13-6-4-3-5-7-13;1-6-2-3(4)5;1-2/h12-13H,3-11H2,1-2H3,(H,16,18);2H2,1H3,(H2,4,5);1-2H3. The molecule has 2 amide bonds. The summed E-state index contributed by atoms with van der Waals surface area (Å²) in [6.07, 6.45) is 6.12. The predicted octanol–water partition coefficient (Wildman–Crippen LogP) is 2.46. The van der Waals surface area contributed by atoms with Crippen LogP contribution in [0.4, 0.5) is 0 Å². The molecule has 27 heavy (non-hydrogen) atoms. The second-order valence-electron chi connectivity index (χ2n) is 6.51. The van der Waals surface area contributed by atoms with Crippen molar-refractivity contribution < 1.29 is 23.9 Å². The number of ketones is 1. The van der Waals surface area contributed by atoms with Gasteiger partial charge in [0, 0.05) is 31.9 Å². The van der Waals surface area contributed by atoms with Gasteiger partial charge in [0.25, 0.3) is 0 Å². The van der Waals surface area contributed by atoms with Crippen molar-refractivity contribution in [3.63, 3.8) is 0 Å². The number of hydrogen-bond acceptors (Lipinski definition) is 5. The van der Waals surface area contributed by atoms with Crippen LogP contribution >= 0.6 is 0 Å². The second kappa shape index (κ2) is 19.3. The molecule has 160 valence electrons. The zero-order valence-electron chi connectivity index (χ0n) is 17.8. The maximum atomic E-state index is 11.8. The monoisotopic (exact) mass is 388 g/mol. The topological polar surface area (TPSA) is 108 Å². The van der Waals surface area contributed by atoms with Crippen molar-refractivity contribution in [2.75, 3.05) is 33.5 Å². The highest BCUT2D eigenvalue weighted by Gasteiger charge is 2.20. The van der Waals surface area contributed by atoms with Crippen LogP contribution in [-0.2, 0) is 23.9 Å². The fourth-order valence-electron chi connectivity index (χ4n) is 2.46. The molecule has 0 aromatic rings. The smallest absolute Gasteiger partial charge is 0.243 e. The molecule has 0 radical (unpaired) electrons. The lowest BCUT2D eigenvalue weighted by atomic mass is 9.89. The largest absolute Gasteiger partial charge is 0.379 e. The number of carbonyl (C=O) groups excluding carboxylic acids is 3. The molecule has 7 heteroatoms. The number of nitrogens with one attached hydrogen (secondary N) is 1. The van der Waals surface area contributed by atoms with Gasteiger partial charge < -0.3 is 20.5 Å². The molecule has 1 rings (SSSR count). The van der Waals surface area contributed by atoms with Gasteiger partial charge in [-0.3, -0.25) is 14.4 Å². The predicted molar refractivity (Wildman–Crippen MR) is 107 cm³/mol. The first kappa shape index (κ1) is 27.7. The molecule has 0 bridgehead atoms. The highest BCUT2D eigenvalue weighted by Crippen LogP contribution is 2.23. The highest BCUT2D eigenvalue weighted by molar-refractivity contribution is 5.80. The van der Waals surface area contributed by atoms with Gasteiger partial charge in [-0.2, -0.15) is 0 Å². The summed E-state index contributed by atoms with van der Waals surface area (Å²) in [5.74, 6) is 0.246. The normalized spacial score (nSPS) is 13.7. The van der Waals surface area contributed by atoms with Gasteiger partial charge in [0.1, 0.15) is 12.4 Å². The van der Waals surface area contributed by atoms with E-state index in [0.29, 0.717) is 26.2 Å². The van der Waals surface area contributed by atoms with Crippen molar-refractivity contribution >= 4 is 17.6 Å². The number of Topliss-reactive ketones (excluding diaryl/α,β-unsaturated/α-hetero) is 1. The van der Waals surface area contributed by atoms with E-state index in [-0.39, 0.29) is 30.1 Å². The molecule has 0 aromatic carbocycles. The van der Waals surface area contributed by atoms with Crippen LogP contribution < -0.4 is 11.1 Å². The molecular formula is C20H40N2O5. The Hall–Kier alpha value is -1.47. The van der Waals surface area contributed by atoms with E-state index in [1.807, 2.05) is 27.7 Å². The first-order valence-corrected chi connectivity index (χ1v) is 10.0. The lowest BCUT2D eigenvalue weighted by Crippen LogP contribution is -2.34. The van der Waals surface area contributed by atoms with E-state index >= 15 is 0 Å². The minimum Gasteiger partial charge on any atom is -0.379 e. The number of nitrogens with two attached hydrogens (primary N) is 1. The fraction of sp³-hybridized carbons (Fsp3) is 0.850. The molecule has 0 aromatic heterocycles. The summed E-state index contributed by atoms with van der Waals surface area (Å²) in [5.41, 5.74) is 4.64. The van der Waals surface area contributed by atoms with E-state index in [0.717, 1.165) is 12.8 Å². The van der Waals surface area contributed by atoms with Crippen molar-refractivity contribution in [1.29, 1.82) is 0 Å². The van der Waals surface area contributed by atoms with Crippen LogP contribution in [0.5, 0.6) is 0 Å². The Morgan fingerprint density at radius 3 is 2.11 bits per heavy atom. The lowest BCUT2D eigenvalue weighted by Gasteiger charge is -2.20. The summed E-state index contributed by atoms with van der Waals surface area (Å²) in [6, 6.07) is 0. The second-order valence-corrected chi connectivity index (χ2v) is 6.51. The molecule has 1 fully saturated rings. The van der Waals surface area contributed by atoms with Gasteiger partial charge in [0.05, 0.1) is 13.2 Å². The highest BCUT2D eigenvalue weighted by atomic mass is 16.5. The maximum Gasteiger partial charge on any atom is 0.243 e. The number of amides is 2. The van der Waals surface area contributed by atoms with Gasteiger partial charge in [-0.25, -0.2) is 0 Å². The molecule has 1 aliphatic rings. The van der Waals surface area contributed by atoms with E-state index in [9.17, 15) is 14.4 Å². The van der Waals surface area contributed by atoms with Crippen LogP contribution in [0.3, 0.4) is 0 Å². The Balaban J connectivity index is 0. The lowest BCUT2D eigenvalue weighted by molar-refractivity contribution is -0.126. The number of hydrogen-bond donors (Lipinski definition) is 2. The molecule has 0 atom stereocenters. The minimum absolute atomic E-state index is 0.0139.